The highest BCUT2D eigenvalue weighted by atomic mass is 16.5. The van der Waals surface area contributed by atoms with Crippen molar-refractivity contribution in [2.45, 2.75) is 13.8 Å². The smallest absolute Gasteiger partial charge is 0.343 e. The molecule has 0 spiro atoms. The molecule has 0 fully saturated rings. The van der Waals surface area contributed by atoms with Gasteiger partial charge in [-0.3, -0.25) is 4.79 Å². The number of benzene rings is 3. The van der Waals surface area contributed by atoms with Gasteiger partial charge in [0.25, 0.3) is 0 Å². The molecule has 3 aromatic rings. The predicted molar refractivity (Wildman–Crippen MR) is 126 cm³/mol. The number of allylic oxidation sites excluding steroid dienone is 2. The summed E-state index contributed by atoms with van der Waals surface area (Å²) in [4.78, 5) is 21.9. The third kappa shape index (κ3) is 9.90. The van der Waals surface area contributed by atoms with Crippen molar-refractivity contribution in [1.29, 1.82) is 0 Å². The summed E-state index contributed by atoms with van der Waals surface area (Å²) in [5.74, 6) is 0.867. The Hall–Kier alpha value is -3.92. The molecule has 3 aromatic carbocycles. The number of carbonyl (C=O) groups excluding carboxylic acids is 2. The van der Waals surface area contributed by atoms with Crippen LogP contribution < -0.4 is 9.47 Å². The Morgan fingerprint density at radius 1 is 0.742 bits per heavy atom. The Kier molecular flexibility index (Phi) is 11.4. The quantitative estimate of drug-likeness (QED) is 0.209. The van der Waals surface area contributed by atoms with Gasteiger partial charge in [-0.2, -0.15) is 0 Å². The zero-order valence-corrected chi connectivity index (χ0v) is 18.2. The van der Waals surface area contributed by atoms with E-state index < -0.39 is 0 Å². The molecule has 4 heteroatoms. The van der Waals surface area contributed by atoms with Gasteiger partial charge >= 0.3 is 5.97 Å². The zero-order valence-electron chi connectivity index (χ0n) is 18.2. The molecule has 0 aliphatic carbocycles. The summed E-state index contributed by atoms with van der Waals surface area (Å²) in [5, 5.41) is 0. The first kappa shape index (κ1) is 25.1. The Labute approximate surface area is 184 Å². The number of methoxy groups -OCH3 is 1. The largest absolute Gasteiger partial charge is 0.497 e. The lowest BCUT2D eigenvalue weighted by Gasteiger charge is -2.05. The van der Waals surface area contributed by atoms with E-state index in [1.807, 2.05) is 50.2 Å². The summed E-state index contributed by atoms with van der Waals surface area (Å²) in [6.45, 7) is 10.7. The van der Waals surface area contributed by atoms with Gasteiger partial charge in [0, 0.05) is 5.56 Å². The average Bonchev–Trinajstić information content (AvgIpc) is 2.81. The maximum Gasteiger partial charge on any atom is 0.343 e. The maximum atomic E-state index is 11.8. The number of carbonyl (C=O) groups is 2. The van der Waals surface area contributed by atoms with Gasteiger partial charge in [0.05, 0.1) is 12.7 Å². The second-order valence-electron chi connectivity index (χ2n) is 6.43. The lowest BCUT2D eigenvalue weighted by atomic mass is 10.1. The van der Waals surface area contributed by atoms with Gasteiger partial charge in [-0.1, -0.05) is 72.8 Å². The predicted octanol–water partition coefficient (Wildman–Crippen LogP) is 6.39. The van der Waals surface area contributed by atoms with E-state index in [0.29, 0.717) is 11.3 Å². The van der Waals surface area contributed by atoms with Gasteiger partial charge in [-0.25, -0.2) is 4.79 Å². The topological polar surface area (TPSA) is 52.6 Å². The molecule has 0 unspecified atom stereocenters. The lowest BCUT2D eigenvalue weighted by molar-refractivity contribution is 0.0734. The summed E-state index contributed by atoms with van der Waals surface area (Å²) in [7, 11) is 1.59. The molecule has 0 N–H and O–H groups in total. The average molecular weight is 417 g/mol. The molecule has 3 rings (SSSR count). The third-order valence-electron chi connectivity index (χ3n) is 3.94. The van der Waals surface area contributed by atoms with Crippen LogP contribution in [0.3, 0.4) is 0 Å². The van der Waals surface area contributed by atoms with Gasteiger partial charge in [-0.15, -0.1) is 0 Å². The number of hydrogen-bond acceptors (Lipinski definition) is 4. The second-order valence-corrected chi connectivity index (χ2v) is 6.43. The summed E-state index contributed by atoms with van der Waals surface area (Å²) in [6, 6.07) is 21.6. The molecule has 0 radical (unpaired) electrons. The van der Waals surface area contributed by atoms with E-state index in [2.05, 4.69) is 13.2 Å². The second kappa shape index (κ2) is 14.1. The molecule has 0 saturated heterocycles. The monoisotopic (exact) mass is 416 g/mol. The minimum absolute atomic E-state index is 0.361. The van der Waals surface area contributed by atoms with Crippen LogP contribution in [-0.2, 0) is 0 Å². The zero-order chi connectivity index (χ0) is 23.1. The summed E-state index contributed by atoms with van der Waals surface area (Å²) >= 11 is 0. The fraction of sp³-hybridized carbons (Fsp3) is 0.111. The van der Waals surface area contributed by atoms with Crippen LogP contribution in [0.5, 0.6) is 11.5 Å². The first-order valence-corrected chi connectivity index (χ1v) is 9.61. The normalized spacial score (nSPS) is 9.00. The highest BCUT2D eigenvalue weighted by Crippen LogP contribution is 2.18. The van der Waals surface area contributed by atoms with Crippen LogP contribution in [-0.4, -0.2) is 19.4 Å². The molecule has 4 nitrogen and oxygen atoms in total. The molecule has 0 atom stereocenters. The van der Waals surface area contributed by atoms with Crippen molar-refractivity contribution >= 4 is 12.3 Å². The van der Waals surface area contributed by atoms with Crippen molar-refractivity contribution in [3.63, 3.8) is 0 Å². The molecule has 0 heterocycles. The first-order valence-electron chi connectivity index (χ1n) is 9.61. The fourth-order valence-corrected chi connectivity index (χ4v) is 2.14. The highest BCUT2D eigenvalue weighted by molar-refractivity contribution is 5.91. The minimum Gasteiger partial charge on any atom is -0.497 e. The number of ether oxygens (including phenoxy) is 2. The van der Waals surface area contributed by atoms with E-state index in [9.17, 15) is 9.59 Å². The molecule has 31 heavy (non-hydrogen) atoms. The van der Waals surface area contributed by atoms with Crippen LogP contribution in [0.4, 0.5) is 0 Å². The van der Waals surface area contributed by atoms with Crippen LogP contribution in [0.15, 0.2) is 98.1 Å². The van der Waals surface area contributed by atoms with Crippen LogP contribution in [0.1, 0.15) is 31.8 Å². The molecular formula is C27H28O4. The van der Waals surface area contributed by atoms with Crippen LogP contribution in [0.25, 0.3) is 0 Å². The lowest BCUT2D eigenvalue weighted by Crippen LogP contribution is -2.08. The van der Waals surface area contributed by atoms with Gasteiger partial charge in [0.2, 0.25) is 0 Å². The van der Waals surface area contributed by atoms with E-state index in [4.69, 9.17) is 9.47 Å². The molecule has 0 aromatic heterocycles. The molecule has 0 aliphatic heterocycles. The van der Waals surface area contributed by atoms with Crippen molar-refractivity contribution in [1.82, 2.24) is 0 Å². The van der Waals surface area contributed by atoms with Gasteiger partial charge < -0.3 is 9.47 Å². The standard InChI is InChI=1S/C15H14O3.C8H8O.C4H6/c1-11-3-5-12(6-4-11)15(16)18-14-9-7-13(17-2)8-10-14;1-7-2-4-8(6-9)5-3-7;1-3-4-2/h3-10H,1-2H3;2-6H,1H3;3-4H,1-2H2. The van der Waals surface area contributed by atoms with Crippen molar-refractivity contribution in [3.05, 3.63) is 120 Å². The Morgan fingerprint density at radius 3 is 1.61 bits per heavy atom. The molecule has 160 valence electrons. The molecule has 0 bridgehead atoms. The van der Waals surface area contributed by atoms with Crippen molar-refractivity contribution in [2.75, 3.05) is 7.11 Å². The Bertz CT molecular complexity index is 948. The summed E-state index contributed by atoms with van der Waals surface area (Å²) < 4.78 is 10.3. The van der Waals surface area contributed by atoms with Gasteiger partial charge in [-0.05, 0) is 50.2 Å². The van der Waals surface area contributed by atoms with E-state index in [-0.39, 0.29) is 5.97 Å². The molecule has 0 saturated carbocycles. The van der Waals surface area contributed by atoms with E-state index in [1.54, 1.807) is 55.7 Å². The first-order chi connectivity index (χ1) is 14.9. The maximum absolute atomic E-state index is 11.8. The van der Waals surface area contributed by atoms with E-state index >= 15 is 0 Å². The summed E-state index contributed by atoms with van der Waals surface area (Å²) in [6.07, 6.45) is 4.12. The fourth-order valence-electron chi connectivity index (χ4n) is 2.14. The highest BCUT2D eigenvalue weighted by Gasteiger charge is 2.07. The molecular weight excluding hydrogens is 388 g/mol. The van der Waals surface area contributed by atoms with E-state index in [0.717, 1.165) is 23.2 Å². The molecule has 0 amide bonds. The number of esters is 1. The van der Waals surface area contributed by atoms with E-state index in [1.165, 1.54) is 5.56 Å². The van der Waals surface area contributed by atoms with Gasteiger partial charge in [0.15, 0.2) is 0 Å². The molecule has 0 aliphatic rings. The number of aldehydes is 1. The van der Waals surface area contributed by atoms with Crippen LogP contribution in [0, 0.1) is 13.8 Å². The van der Waals surface area contributed by atoms with Crippen molar-refractivity contribution in [2.24, 2.45) is 0 Å². The number of rotatable bonds is 5. The van der Waals surface area contributed by atoms with Crippen molar-refractivity contribution < 1.29 is 19.1 Å². The number of aryl methyl sites for hydroxylation is 2. The Balaban J connectivity index is 0.000000307. The Morgan fingerprint density at radius 2 is 1.19 bits per heavy atom. The van der Waals surface area contributed by atoms with Crippen LogP contribution >= 0.6 is 0 Å². The van der Waals surface area contributed by atoms with Gasteiger partial charge in [0.1, 0.15) is 17.8 Å². The SMILES string of the molecule is C=CC=C.COc1ccc(OC(=O)c2ccc(C)cc2)cc1.Cc1ccc(C=O)cc1. The van der Waals surface area contributed by atoms with Crippen LogP contribution in [0.2, 0.25) is 0 Å². The third-order valence-corrected chi connectivity index (χ3v) is 3.94. The van der Waals surface area contributed by atoms with Crippen molar-refractivity contribution in [3.8, 4) is 11.5 Å². The summed E-state index contributed by atoms with van der Waals surface area (Å²) in [5.41, 5.74) is 3.56. The number of hydrogen-bond donors (Lipinski definition) is 0. The minimum atomic E-state index is -0.361.